The number of hydrogen-bond donors (Lipinski definition) is 3. The average Bonchev–Trinajstić information content (AvgIpc) is 2.85. The van der Waals surface area contributed by atoms with Gasteiger partial charge in [-0.05, 0) is 18.2 Å². The highest BCUT2D eigenvalue weighted by molar-refractivity contribution is 6.32. The zero-order valence-corrected chi connectivity index (χ0v) is 18.3. The molecular formula is C26H26N4O3. The van der Waals surface area contributed by atoms with Crippen molar-refractivity contribution >= 4 is 34.3 Å². The Morgan fingerprint density at radius 2 is 1.45 bits per heavy atom. The number of nitrogen functional groups attached to an aromatic ring is 1. The van der Waals surface area contributed by atoms with Gasteiger partial charge >= 0.3 is 0 Å². The van der Waals surface area contributed by atoms with Crippen LogP contribution in [-0.4, -0.2) is 60.9 Å². The Morgan fingerprint density at radius 3 is 2.09 bits per heavy atom. The molecule has 0 spiro atoms. The Bertz CT molecular complexity index is 1220. The number of piperazine rings is 1. The molecule has 1 aliphatic heterocycles. The second-order valence-electron chi connectivity index (χ2n) is 8.35. The maximum Gasteiger partial charge on any atom is 0.196 e. The average molecular weight is 443 g/mol. The third-order valence-corrected chi connectivity index (χ3v) is 6.40. The van der Waals surface area contributed by atoms with Crippen LogP contribution >= 0.6 is 0 Å². The number of nitrogens with zero attached hydrogens (tertiary/aromatic N) is 2. The number of carbonyl (C=O) groups is 2. The second-order valence-corrected chi connectivity index (χ2v) is 8.35. The third-order valence-electron chi connectivity index (χ3n) is 6.40. The molecule has 1 fully saturated rings. The molecule has 0 unspecified atom stereocenters. The maximum absolute atomic E-state index is 13.5. The summed E-state index contributed by atoms with van der Waals surface area (Å²) in [6.45, 7) is 3.77. The van der Waals surface area contributed by atoms with Crippen molar-refractivity contribution in [3.8, 4) is 0 Å². The van der Waals surface area contributed by atoms with E-state index in [1.165, 1.54) is 0 Å². The number of para-hydroxylation sites is 1. The molecule has 1 saturated heterocycles. The maximum atomic E-state index is 13.5. The molecule has 0 bridgehead atoms. The number of fused-ring (bicyclic) bond motifs is 2. The lowest BCUT2D eigenvalue weighted by Gasteiger charge is -2.37. The number of nitrogens with two attached hydrogens (primary N) is 1. The van der Waals surface area contributed by atoms with Crippen LogP contribution in [0.1, 0.15) is 31.8 Å². The van der Waals surface area contributed by atoms with Crippen LogP contribution in [0.15, 0.2) is 60.7 Å². The molecular weight excluding hydrogens is 416 g/mol. The molecule has 0 amide bonds. The van der Waals surface area contributed by atoms with Crippen LogP contribution in [-0.2, 0) is 0 Å². The van der Waals surface area contributed by atoms with Crippen molar-refractivity contribution in [1.82, 2.24) is 4.90 Å². The highest BCUT2D eigenvalue weighted by Crippen LogP contribution is 2.42. The fourth-order valence-corrected chi connectivity index (χ4v) is 4.70. The van der Waals surface area contributed by atoms with Crippen LogP contribution in [0, 0.1) is 0 Å². The Morgan fingerprint density at radius 1 is 0.848 bits per heavy atom. The number of nitrogens with one attached hydrogen (secondary N) is 1. The predicted molar refractivity (Wildman–Crippen MR) is 130 cm³/mol. The molecule has 4 N–H and O–H groups in total. The molecule has 0 aromatic heterocycles. The molecule has 2 aliphatic rings. The molecule has 0 atom stereocenters. The molecule has 3 aromatic carbocycles. The molecule has 33 heavy (non-hydrogen) atoms. The zero-order valence-electron chi connectivity index (χ0n) is 18.3. The van der Waals surface area contributed by atoms with Gasteiger partial charge in [0.2, 0.25) is 0 Å². The van der Waals surface area contributed by atoms with Gasteiger partial charge in [-0.15, -0.1) is 0 Å². The van der Waals surface area contributed by atoms with Crippen LogP contribution < -0.4 is 16.0 Å². The first kappa shape index (κ1) is 21.2. The van der Waals surface area contributed by atoms with Crippen LogP contribution in [0.2, 0.25) is 0 Å². The Balaban J connectivity index is 1.63. The van der Waals surface area contributed by atoms with Crippen molar-refractivity contribution in [3.05, 3.63) is 82.9 Å². The van der Waals surface area contributed by atoms with Crippen LogP contribution in [0.3, 0.4) is 0 Å². The summed E-state index contributed by atoms with van der Waals surface area (Å²) in [5.74, 6) is -0.431. The summed E-state index contributed by atoms with van der Waals surface area (Å²) < 4.78 is 0. The highest BCUT2D eigenvalue weighted by atomic mass is 16.3. The summed E-state index contributed by atoms with van der Waals surface area (Å²) in [6, 6.07) is 18.4. The van der Waals surface area contributed by atoms with Gasteiger partial charge in [-0.1, -0.05) is 42.5 Å². The number of benzene rings is 3. The molecule has 7 heteroatoms. The number of rotatable bonds is 5. The normalized spacial score (nSPS) is 15.8. The van der Waals surface area contributed by atoms with E-state index in [0.717, 1.165) is 24.5 Å². The van der Waals surface area contributed by atoms with E-state index < -0.39 is 0 Å². The summed E-state index contributed by atoms with van der Waals surface area (Å²) in [5, 5.41) is 12.6. The lowest BCUT2D eigenvalue weighted by Crippen LogP contribution is -2.47. The van der Waals surface area contributed by atoms with Gasteiger partial charge in [0.25, 0.3) is 0 Å². The minimum atomic E-state index is -0.227. The van der Waals surface area contributed by atoms with Gasteiger partial charge in [0.1, 0.15) is 0 Å². The largest absolute Gasteiger partial charge is 0.396 e. The van der Waals surface area contributed by atoms with Crippen LogP contribution in [0.5, 0.6) is 0 Å². The van der Waals surface area contributed by atoms with Crippen LogP contribution in [0.4, 0.5) is 22.7 Å². The zero-order chi connectivity index (χ0) is 22.9. The number of aliphatic hydroxyl groups excluding tert-OH is 1. The number of aliphatic hydroxyl groups is 1. The predicted octanol–water partition coefficient (Wildman–Crippen LogP) is 2.90. The smallest absolute Gasteiger partial charge is 0.196 e. The van der Waals surface area contributed by atoms with Gasteiger partial charge in [-0.25, -0.2) is 0 Å². The molecule has 1 aliphatic carbocycles. The van der Waals surface area contributed by atoms with Gasteiger partial charge in [0.05, 0.1) is 34.8 Å². The van der Waals surface area contributed by atoms with Crippen molar-refractivity contribution in [2.45, 2.75) is 0 Å². The topological polar surface area (TPSA) is 98.9 Å². The summed E-state index contributed by atoms with van der Waals surface area (Å²) in [4.78, 5) is 31.4. The van der Waals surface area contributed by atoms with E-state index in [1.54, 1.807) is 24.3 Å². The van der Waals surface area contributed by atoms with E-state index in [9.17, 15) is 14.7 Å². The fourth-order valence-electron chi connectivity index (χ4n) is 4.70. The van der Waals surface area contributed by atoms with Crippen molar-refractivity contribution < 1.29 is 14.7 Å². The highest BCUT2D eigenvalue weighted by Gasteiger charge is 2.35. The van der Waals surface area contributed by atoms with Gasteiger partial charge in [0, 0.05) is 49.5 Å². The van der Waals surface area contributed by atoms with Gasteiger partial charge in [-0.3, -0.25) is 14.5 Å². The molecule has 168 valence electrons. The number of carbonyl (C=O) groups excluding carboxylic acids is 2. The summed E-state index contributed by atoms with van der Waals surface area (Å²) in [6.07, 6.45) is 0. The van der Waals surface area contributed by atoms with E-state index in [2.05, 4.69) is 15.1 Å². The number of hydrogen-bond acceptors (Lipinski definition) is 7. The molecule has 0 radical (unpaired) electrons. The fraction of sp³-hybridized carbons (Fsp3) is 0.231. The second kappa shape index (κ2) is 8.69. The molecule has 5 rings (SSSR count). The van der Waals surface area contributed by atoms with Gasteiger partial charge in [-0.2, -0.15) is 0 Å². The quantitative estimate of drug-likeness (QED) is 0.409. The molecule has 0 saturated carbocycles. The monoisotopic (exact) mass is 442 g/mol. The summed E-state index contributed by atoms with van der Waals surface area (Å²) in [7, 11) is 0. The Labute approximate surface area is 192 Å². The molecule has 1 heterocycles. The Hall–Kier alpha value is -3.68. The number of β-amino-alcohol motifs (C(OH)–C–C–N with tert-alkyl or cyclic N) is 1. The first-order chi connectivity index (χ1) is 16.1. The number of anilines is 4. The molecule has 3 aromatic rings. The van der Waals surface area contributed by atoms with Crippen molar-refractivity contribution in [1.29, 1.82) is 0 Å². The minimum absolute atomic E-state index is 0.127. The summed E-state index contributed by atoms with van der Waals surface area (Å²) in [5.41, 5.74) is 10.5. The standard InChI is InChI=1S/C26H26N4O3/c27-24-21(30-12-10-29(11-13-30)14-15-31)16-20(28-17-6-2-1-3-7-17)22-23(24)26(33)19-9-5-4-8-18(19)25(22)32/h1-9,16,28,31H,10-15,27H2. The lowest BCUT2D eigenvalue weighted by molar-refractivity contribution is 0.0980. The van der Waals surface area contributed by atoms with Crippen LogP contribution in [0.25, 0.3) is 0 Å². The van der Waals surface area contributed by atoms with E-state index in [-0.39, 0.29) is 23.7 Å². The van der Waals surface area contributed by atoms with E-state index in [4.69, 9.17) is 5.73 Å². The number of ketones is 2. The van der Waals surface area contributed by atoms with Gasteiger partial charge < -0.3 is 21.1 Å². The Kier molecular flexibility index (Phi) is 5.58. The third kappa shape index (κ3) is 3.75. The first-order valence-corrected chi connectivity index (χ1v) is 11.1. The van der Waals surface area contributed by atoms with Gasteiger partial charge in [0.15, 0.2) is 11.6 Å². The van der Waals surface area contributed by atoms with E-state index in [1.807, 2.05) is 36.4 Å². The van der Waals surface area contributed by atoms with Crippen molar-refractivity contribution in [3.63, 3.8) is 0 Å². The summed E-state index contributed by atoms with van der Waals surface area (Å²) >= 11 is 0. The first-order valence-electron chi connectivity index (χ1n) is 11.1. The molecule has 7 nitrogen and oxygen atoms in total. The lowest BCUT2D eigenvalue weighted by atomic mass is 9.81. The van der Waals surface area contributed by atoms with E-state index in [0.29, 0.717) is 47.7 Å². The van der Waals surface area contributed by atoms with Crippen molar-refractivity contribution in [2.75, 3.05) is 55.3 Å². The van der Waals surface area contributed by atoms with Crippen molar-refractivity contribution in [2.24, 2.45) is 0 Å². The van der Waals surface area contributed by atoms with E-state index >= 15 is 0 Å². The SMILES string of the molecule is Nc1c(N2CCN(CCO)CC2)cc(Nc2ccccc2)c2c1C(=O)c1ccccc1C2=O. The minimum Gasteiger partial charge on any atom is -0.396 e.